The molecule has 0 bridgehead atoms. The number of likely N-dealkylation sites (tertiary alicyclic amines) is 1. The molecule has 0 amide bonds. The number of hydrogen-bond acceptors (Lipinski definition) is 1. The highest BCUT2D eigenvalue weighted by atomic mass is 15.2. The smallest absolute Gasteiger partial charge is 0.0124 e. The summed E-state index contributed by atoms with van der Waals surface area (Å²) in [5.74, 6) is 2.89. The molecule has 2 rings (SSSR count). The van der Waals surface area contributed by atoms with Crippen molar-refractivity contribution in [2.75, 3.05) is 13.6 Å². The summed E-state index contributed by atoms with van der Waals surface area (Å²) in [5.41, 5.74) is 0. The van der Waals surface area contributed by atoms with Gasteiger partial charge in [0.1, 0.15) is 0 Å². The maximum Gasteiger partial charge on any atom is 0.0124 e. The molecular formula is C12H23N. The molecule has 76 valence electrons. The van der Waals surface area contributed by atoms with Crippen molar-refractivity contribution in [1.82, 2.24) is 4.90 Å². The van der Waals surface area contributed by atoms with Gasteiger partial charge in [0.2, 0.25) is 0 Å². The Morgan fingerprint density at radius 1 is 1.15 bits per heavy atom. The van der Waals surface area contributed by atoms with Crippen LogP contribution < -0.4 is 0 Å². The lowest BCUT2D eigenvalue weighted by molar-refractivity contribution is 0.196. The van der Waals surface area contributed by atoms with Crippen LogP contribution in [-0.2, 0) is 0 Å². The van der Waals surface area contributed by atoms with Crippen LogP contribution in [0.15, 0.2) is 0 Å². The molecule has 0 aromatic carbocycles. The second kappa shape index (κ2) is 3.61. The van der Waals surface area contributed by atoms with Gasteiger partial charge >= 0.3 is 0 Å². The molecule has 1 saturated carbocycles. The second-order valence-electron chi connectivity index (χ2n) is 5.36. The van der Waals surface area contributed by atoms with E-state index in [1.807, 2.05) is 0 Å². The fourth-order valence-electron chi connectivity index (χ4n) is 3.50. The summed E-state index contributed by atoms with van der Waals surface area (Å²) in [5, 5.41) is 0. The zero-order chi connectivity index (χ0) is 9.42. The van der Waals surface area contributed by atoms with E-state index >= 15 is 0 Å². The van der Waals surface area contributed by atoms with Crippen LogP contribution in [0.4, 0.5) is 0 Å². The van der Waals surface area contributed by atoms with Crippen molar-refractivity contribution < 1.29 is 0 Å². The van der Waals surface area contributed by atoms with E-state index in [0.717, 1.165) is 23.8 Å². The minimum atomic E-state index is 0.885. The highest BCUT2D eigenvalue weighted by Crippen LogP contribution is 2.41. The molecule has 2 aliphatic rings. The van der Waals surface area contributed by atoms with E-state index in [1.165, 1.54) is 32.2 Å². The third kappa shape index (κ3) is 1.63. The Balaban J connectivity index is 2.08. The average molecular weight is 181 g/mol. The van der Waals surface area contributed by atoms with Crippen LogP contribution in [0.2, 0.25) is 0 Å². The van der Waals surface area contributed by atoms with Crippen LogP contribution in [0.1, 0.15) is 39.5 Å². The van der Waals surface area contributed by atoms with E-state index in [-0.39, 0.29) is 0 Å². The van der Waals surface area contributed by atoms with Gasteiger partial charge in [-0.15, -0.1) is 0 Å². The molecule has 1 heteroatoms. The van der Waals surface area contributed by atoms with E-state index in [4.69, 9.17) is 0 Å². The molecule has 0 spiro atoms. The van der Waals surface area contributed by atoms with Crippen molar-refractivity contribution in [3.63, 3.8) is 0 Å². The van der Waals surface area contributed by atoms with E-state index < -0.39 is 0 Å². The van der Waals surface area contributed by atoms with Gasteiger partial charge in [-0.2, -0.15) is 0 Å². The van der Waals surface area contributed by atoms with Crippen molar-refractivity contribution in [3.05, 3.63) is 0 Å². The number of hydrogen-bond donors (Lipinski definition) is 0. The lowest BCUT2D eigenvalue weighted by Crippen LogP contribution is -2.32. The minimum absolute atomic E-state index is 0.885. The average Bonchev–Trinajstić information content (AvgIpc) is 2.45. The second-order valence-corrected chi connectivity index (χ2v) is 5.36. The monoisotopic (exact) mass is 181 g/mol. The van der Waals surface area contributed by atoms with Crippen molar-refractivity contribution in [2.24, 2.45) is 17.8 Å². The van der Waals surface area contributed by atoms with Gasteiger partial charge in [-0.3, -0.25) is 0 Å². The Morgan fingerprint density at radius 2 is 1.85 bits per heavy atom. The maximum absolute atomic E-state index is 2.62. The minimum Gasteiger partial charge on any atom is -0.303 e. The predicted molar refractivity (Wildman–Crippen MR) is 56.7 cm³/mol. The molecule has 13 heavy (non-hydrogen) atoms. The van der Waals surface area contributed by atoms with E-state index in [9.17, 15) is 0 Å². The number of fused-ring (bicyclic) bond motifs is 1. The Labute approximate surface area is 82.5 Å². The third-order valence-corrected chi connectivity index (χ3v) is 4.25. The molecule has 2 fully saturated rings. The molecule has 0 aromatic rings. The molecule has 3 atom stereocenters. The quantitative estimate of drug-likeness (QED) is 0.601. The fraction of sp³-hybridized carbons (Fsp3) is 1.00. The third-order valence-electron chi connectivity index (χ3n) is 4.25. The van der Waals surface area contributed by atoms with Gasteiger partial charge in [0.05, 0.1) is 0 Å². The van der Waals surface area contributed by atoms with Crippen molar-refractivity contribution in [3.8, 4) is 0 Å². The molecule has 0 radical (unpaired) electrons. The summed E-state index contributed by atoms with van der Waals surface area (Å²) >= 11 is 0. The van der Waals surface area contributed by atoms with Crippen molar-refractivity contribution in [2.45, 2.75) is 45.6 Å². The van der Waals surface area contributed by atoms with Gasteiger partial charge in [0.25, 0.3) is 0 Å². The maximum atomic E-state index is 2.62. The zero-order valence-electron chi connectivity index (χ0n) is 9.29. The van der Waals surface area contributed by atoms with Crippen LogP contribution in [0.3, 0.4) is 0 Å². The largest absolute Gasteiger partial charge is 0.303 e. The Bertz CT molecular complexity index is 176. The normalized spacial score (nSPS) is 41.1. The molecule has 1 aliphatic heterocycles. The summed E-state index contributed by atoms with van der Waals surface area (Å²) < 4.78 is 0. The topological polar surface area (TPSA) is 3.24 Å². The molecule has 1 nitrogen and oxygen atoms in total. The molecule has 1 saturated heterocycles. The first-order valence-corrected chi connectivity index (χ1v) is 5.90. The highest BCUT2D eigenvalue weighted by molar-refractivity contribution is 4.94. The fourth-order valence-corrected chi connectivity index (χ4v) is 3.50. The molecule has 1 aliphatic carbocycles. The molecule has 0 N–H and O–H groups in total. The summed E-state index contributed by atoms with van der Waals surface area (Å²) in [4.78, 5) is 2.62. The van der Waals surface area contributed by atoms with Gasteiger partial charge in [-0.25, -0.2) is 0 Å². The first kappa shape index (κ1) is 9.51. The molecular weight excluding hydrogens is 158 g/mol. The van der Waals surface area contributed by atoms with Crippen LogP contribution >= 0.6 is 0 Å². The Morgan fingerprint density at radius 3 is 2.54 bits per heavy atom. The first-order valence-electron chi connectivity index (χ1n) is 5.90. The lowest BCUT2D eigenvalue weighted by Gasteiger charge is -2.31. The summed E-state index contributed by atoms with van der Waals surface area (Å²) in [6.45, 7) is 6.15. The number of nitrogens with zero attached hydrogens (tertiary/aromatic N) is 1. The van der Waals surface area contributed by atoms with Crippen LogP contribution in [0.25, 0.3) is 0 Å². The standard InChI is InChI=1S/C12H23N/c1-9(2)11-8-13(3)12-7-5-4-6-10(11)12/h9-12H,4-8H2,1-3H3. The van der Waals surface area contributed by atoms with Gasteiger partial charge < -0.3 is 4.90 Å². The highest BCUT2D eigenvalue weighted by Gasteiger charge is 2.41. The molecule has 0 aromatic heterocycles. The number of rotatable bonds is 1. The zero-order valence-corrected chi connectivity index (χ0v) is 9.29. The van der Waals surface area contributed by atoms with Crippen molar-refractivity contribution in [1.29, 1.82) is 0 Å². The van der Waals surface area contributed by atoms with Crippen LogP contribution in [-0.4, -0.2) is 24.5 Å². The Kier molecular flexibility index (Phi) is 2.64. The van der Waals surface area contributed by atoms with Gasteiger partial charge in [-0.1, -0.05) is 26.7 Å². The van der Waals surface area contributed by atoms with Crippen LogP contribution in [0.5, 0.6) is 0 Å². The lowest BCUT2D eigenvalue weighted by atomic mass is 9.76. The summed E-state index contributed by atoms with van der Waals surface area (Å²) in [6, 6.07) is 0.932. The van der Waals surface area contributed by atoms with Gasteiger partial charge in [-0.05, 0) is 37.6 Å². The SMILES string of the molecule is CC(C)C1CN(C)C2CCCCC12. The Hall–Kier alpha value is -0.0400. The first-order chi connectivity index (χ1) is 6.20. The van der Waals surface area contributed by atoms with Crippen LogP contribution in [0, 0.1) is 17.8 Å². The molecule has 3 unspecified atom stereocenters. The van der Waals surface area contributed by atoms with Gasteiger partial charge in [0.15, 0.2) is 0 Å². The van der Waals surface area contributed by atoms with E-state index in [0.29, 0.717) is 0 Å². The summed E-state index contributed by atoms with van der Waals surface area (Å²) in [7, 11) is 2.32. The van der Waals surface area contributed by atoms with E-state index in [1.54, 1.807) is 0 Å². The van der Waals surface area contributed by atoms with E-state index in [2.05, 4.69) is 25.8 Å². The summed E-state index contributed by atoms with van der Waals surface area (Å²) in [6.07, 6.45) is 5.91. The van der Waals surface area contributed by atoms with Crippen molar-refractivity contribution >= 4 is 0 Å². The van der Waals surface area contributed by atoms with Gasteiger partial charge in [0, 0.05) is 12.6 Å². The molecule has 1 heterocycles. The predicted octanol–water partition coefficient (Wildman–Crippen LogP) is 2.76.